The first-order chi connectivity index (χ1) is 13.9. The molecule has 152 valence electrons. The van der Waals surface area contributed by atoms with E-state index in [0.717, 1.165) is 11.3 Å². The number of hydrogen-bond acceptors (Lipinski definition) is 3. The number of carbonyl (C=O) groups is 3. The Morgan fingerprint density at radius 2 is 1.93 bits per heavy atom. The van der Waals surface area contributed by atoms with E-state index in [9.17, 15) is 14.4 Å². The fraction of sp³-hybridized carbons (Fsp3) is 0.318. The molecule has 3 amide bonds. The highest BCUT2D eigenvalue weighted by Gasteiger charge is 2.35. The third-order valence-electron chi connectivity index (χ3n) is 4.99. The molecule has 0 aliphatic carbocycles. The lowest BCUT2D eigenvalue weighted by atomic mass is 10.0. The second kappa shape index (κ2) is 9.09. The third-order valence-corrected chi connectivity index (χ3v) is 5.23. The Hall–Kier alpha value is -2.86. The zero-order valence-electron chi connectivity index (χ0n) is 16.4. The summed E-state index contributed by atoms with van der Waals surface area (Å²) in [5.74, 6) is -0.698. The fourth-order valence-corrected chi connectivity index (χ4v) is 3.48. The maximum atomic E-state index is 12.7. The normalized spacial score (nSPS) is 17.1. The molecule has 2 atom stereocenters. The van der Waals surface area contributed by atoms with Crippen molar-refractivity contribution in [2.75, 3.05) is 16.8 Å². The highest BCUT2D eigenvalue weighted by atomic mass is 35.5. The Morgan fingerprint density at radius 3 is 2.59 bits per heavy atom. The van der Waals surface area contributed by atoms with Gasteiger partial charge in [0.2, 0.25) is 17.7 Å². The number of rotatable bonds is 6. The van der Waals surface area contributed by atoms with E-state index in [4.69, 9.17) is 11.6 Å². The summed E-state index contributed by atoms with van der Waals surface area (Å²) in [5, 5.41) is 6.33. The first-order valence-corrected chi connectivity index (χ1v) is 10.0. The van der Waals surface area contributed by atoms with Gasteiger partial charge in [0.25, 0.3) is 0 Å². The monoisotopic (exact) mass is 413 g/mol. The molecular formula is C22H24ClN3O3. The quantitative estimate of drug-likeness (QED) is 0.753. The molecule has 29 heavy (non-hydrogen) atoms. The van der Waals surface area contributed by atoms with Gasteiger partial charge in [-0.25, -0.2) is 0 Å². The summed E-state index contributed by atoms with van der Waals surface area (Å²) in [4.78, 5) is 38.1. The molecule has 0 radical (unpaired) electrons. The molecule has 7 heteroatoms. The molecule has 3 rings (SSSR count). The third kappa shape index (κ3) is 5.15. The van der Waals surface area contributed by atoms with E-state index >= 15 is 0 Å². The number of nitrogens with zero attached hydrogens (tertiary/aromatic N) is 1. The summed E-state index contributed by atoms with van der Waals surface area (Å²) in [5.41, 5.74) is 2.34. The molecule has 1 heterocycles. The van der Waals surface area contributed by atoms with Crippen molar-refractivity contribution in [3.8, 4) is 0 Å². The maximum absolute atomic E-state index is 12.7. The van der Waals surface area contributed by atoms with Crippen LogP contribution in [0.15, 0.2) is 48.5 Å². The maximum Gasteiger partial charge on any atom is 0.227 e. The van der Waals surface area contributed by atoms with Gasteiger partial charge in [-0.2, -0.15) is 0 Å². The molecule has 0 spiro atoms. The van der Waals surface area contributed by atoms with Crippen LogP contribution in [0, 0.1) is 5.92 Å². The van der Waals surface area contributed by atoms with E-state index in [2.05, 4.69) is 10.6 Å². The second-order valence-electron chi connectivity index (χ2n) is 7.14. The zero-order valence-corrected chi connectivity index (χ0v) is 17.2. The van der Waals surface area contributed by atoms with Gasteiger partial charge < -0.3 is 15.5 Å². The lowest BCUT2D eigenvalue weighted by molar-refractivity contribution is -0.126. The molecule has 6 nitrogen and oxygen atoms in total. The second-order valence-corrected chi connectivity index (χ2v) is 7.58. The van der Waals surface area contributed by atoms with Crippen LogP contribution < -0.4 is 15.5 Å². The molecule has 1 aliphatic rings. The summed E-state index contributed by atoms with van der Waals surface area (Å²) in [6, 6.07) is 14.2. The molecule has 0 saturated carbocycles. The van der Waals surface area contributed by atoms with Crippen LogP contribution in [-0.2, 0) is 14.4 Å². The van der Waals surface area contributed by atoms with Crippen LogP contribution in [0.1, 0.15) is 38.3 Å². The van der Waals surface area contributed by atoms with E-state index in [0.29, 0.717) is 23.7 Å². The summed E-state index contributed by atoms with van der Waals surface area (Å²) in [6.07, 6.45) is 0.591. The van der Waals surface area contributed by atoms with E-state index in [1.807, 2.05) is 37.3 Å². The van der Waals surface area contributed by atoms with Crippen molar-refractivity contribution in [3.63, 3.8) is 0 Å². The number of nitrogens with one attached hydrogen (secondary N) is 2. The predicted molar refractivity (Wildman–Crippen MR) is 114 cm³/mol. The smallest absolute Gasteiger partial charge is 0.227 e. The van der Waals surface area contributed by atoms with Crippen LogP contribution in [0.5, 0.6) is 0 Å². The summed E-state index contributed by atoms with van der Waals surface area (Å²) >= 11 is 6.01. The first-order valence-electron chi connectivity index (χ1n) is 9.63. The van der Waals surface area contributed by atoms with Crippen molar-refractivity contribution in [1.29, 1.82) is 0 Å². The predicted octanol–water partition coefficient (Wildman–Crippen LogP) is 3.92. The standard InChI is InChI=1S/C22H24ClN3O3/c1-3-20(27)25-18-9-7-15(8-10-18)14(2)24-22(29)16-11-21(28)26(13-16)19-6-4-5-17(23)12-19/h4-10,12,14,16H,3,11,13H2,1-2H3,(H,24,29)(H,25,27). The molecule has 0 aromatic heterocycles. The zero-order chi connectivity index (χ0) is 21.0. The van der Waals surface area contributed by atoms with E-state index < -0.39 is 5.92 Å². The highest BCUT2D eigenvalue weighted by Crippen LogP contribution is 2.28. The van der Waals surface area contributed by atoms with Crippen molar-refractivity contribution in [1.82, 2.24) is 5.32 Å². The number of amides is 3. The molecule has 0 bridgehead atoms. The van der Waals surface area contributed by atoms with Crippen LogP contribution in [0.25, 0.3) is 0 Å². The van der Waals surface area contributed by atoms with E-state index in [1.54, 1.807) is 30.0 Å². The summed E-state index contributed by atoms with van der Waals surface area (Å²) < 4.78 is 0. The van der Waals surface area contributed by atoms with Gasteiger partial charge in [-0.05, 0) is 42.8 Å². The van der Waals surface area contributed by atoms with Gasteiger partial charge >= 0.3 is 0 Å². The van der Waals surface area contributed by atoms with Crippen molar-refractivity contribution in [2.24, 2.45) is 5.92 Å². The first kappa shape index (κ1) is 20.9. The Kier molecular flexibility index (Phi) is 6.54. The minimum absolute atomic E-state index is 0.0470. The average molecular weight is 414 g/mol. The molecule has 2 unspecified atom stereocenters. The lowest BCUT2D eigenvalue weighted by Crippen LogP contribution is -2.34. The molecular weight excluding hydrogens is 390 g/mol. The van der Waals surface area contributed by atoms with Crippen molar-refractivity contribution in [3.05, 3.63) is 59.1 Å². The van der Waals surface area contributed by atoms with E-state index in [-0.39, 0.29) is 30.2 Å². The van der Waals surface area contributed by atoms with Gasteiger partial charge in [-0.3, -0.25) is 14.4 Å². The number of benzene rings is 2. The molecule has 2 N–H and O–H groups in total. The van der Waals surface area contributed by atoms with Crippen LogP contribution in [-0.4, -0.2) is 24.3 Å². The SMILES string of the molecule is CCC(=O)Nc1ccc(C(C)NC(=O)C2CC(=O)N(c3cccc(Cl)c3)C2)cc1. The number of carbonyl (C=O) groups excluding carboxylic acids is 3. The van der Waals surface area contributed by atoms with Gasteiger partial charge in [0.05, 0.1) is 12.0 Å². The van der Waals surface area contributed by atoms with E-state index in [1.165, 1.54) is 0 Å². The molecule has 2 aromatic rings. The summed E-state index contributed by atoms with van der Waals surface area (Å²) in [7, 11) is 0. The minimum Gasteiger partial charge on any atom is -0.349 e. The Bertz CT molecular complexity index is 914. The van der Waals surface area contributed by atoms with Gasteiger partial charge in [-0.1, -0.05) is 36.7 Å². The fourth-order valence-electron chi connectivity index (χ4n) is 3.30. The van der Waals surface area contributed by atoms with Crippen LogP contribution in [0.4, 0.5) is 11.4 Å². The highest BCUT2D eigenvalue weighted by molar-refractivity contribution is 6.31. The molecule has 1 fully saturated rings. The van der Waals surface area contributed by atoms with Crippen molar-refractivity contribution < 1.29 is 14.4 Å². The Morgan fingerprint density at radius 1 is 1.21 bits per heavy atom. The Balaban J connectivity index is 1.60. The van der Waals surface area contributed by atoms with Gasteiger partial charge in [0, 0.05) is 35.8 Å². The molecule has 2 aromatic carbocycles. The van der Waals surface area contributed by atoms with Gasteiger partial charge in [0.1, 0.15) is 0 Å². The summed E-state index contributed by atoms with van der Waals surface area (Å²) in [6.45, 7) is 4.02. The van der Waals surface area contributed by atoms with Crippen LogP contribution in [0.3, 0.4) is 0 Å². The number of hydrogen-bond donors (Lipinski definition) is 2. The van der Waals surface area contributed by atoms with Gasteiger partial charge in [0.15, 0.2) is 0 Å². The molecule has 1 aliphatic heterocycles. The lowest BCUT2D eigenvalue weighted by Gasteiger charge is -2.19. The number of anilines is 2. The van der Waals surface area contributed by atoms with Gasteiger partial charge in [-0.15, -0.1) is 0 Å². The minimum atomic E-state index is -0.410. The largest absolute Gasteiger partial charge is 0.349 e. The number of halogens is 1. The van der Waals surface area contributed by atoms with Crippen molar-refractivity contribution in [2.45, 2.75) is 32.7 Å². The topological polar surface area (TPSA) is 78.5 Å². The van der Waals surface area contributed by atoms with Crippen LogP contribution >= 0.6 is 11.6 Å². The Labute approximate surface area is 175 Å². The van der Waals surface area contributed by atoms with Crippen LogP contribution in [0.2, 0.25) is 5.02 Å². The van der Waals surface area contributed by atoms with Crippen molar-refractivity contribution >= 4 is 40.7 Å². The average Bonchev–Trinajstić information content (AvgIpc) is 3.10. The molecule has 1 saturated heterocycles.